The van der Waals surface area contributed by atoms with Crippen molar-refractivity contribution >= 4 is 11.9 Å². The van der Waals surface area contributed by atoms with Gasteiger partial charge in [-0.05, 0) is 0 Å². The van der Waals surface area contributed by atoms with Crippen molar-refractivity contribution in [2.24, 2.45) is 0 Å². The number of carbonyl (C=O) groups is 2. The van der Waals surface area contributed by atoms with Gasteiger partial charge in [0.2, 0.25) is 5.91 Å². The van der Waals surface area contributed by atoms with Crippen molar-refractivity contribution in [3.05, 3.63) is 18.2 Å². The van der Waals surface area contributed by atoms with Gasteiger partial charge in [0.15, 0.2) is 0 Å². The Morgan fingerprint density at radius 1 is 1.67 bits per heavy atom. The molecule has 82 valence electrons. The van der Waals surface area contributed by atoms with Crippen molar-refractivity contribution in [2.75, 3.05) is 7.11 Å². The van der Waals surface area contributed by atoms with Crippen LogP contribution in [0.2, 0.25) is 0 Å². The van der Waals surface area contributed by atoms with E-state index in [4.69, 9.17) is 0 Å². The number of nitrogens with one attached hydrogen (secondary N) is 2. The molecule has 0 radical (unpaired) electrons. The molecular weight excluding hydrogens is 198 g/mol. The van der Waals surface area contributed by atoms with Crippen LogP contribution in [0.15, 0.2) is 12.5 Å². The van der Waals surface area contributed by atoms with Crippen LogP contribution in [-0.4, -0.2) is 35.0 Å². The fourth-order valence-electron chi connectivity index (χ4n) is 1.20. The van der Waals surface area contributed by atoms with Gasteiger partial charge in [-0.25, -0.2) is 9.78 Å². The van der Waals surface area contributed by atoms with Gasteiger partial charge in [0.25, 0.3) is 0 Å². The monoisotopic (exact) mass is 211 g/mol. The highest BCUT2D eigenvalue weighted by molar-refractivity contribution is 5.83. The number of nitrogens with zero attached hydrogens (tertiary/aromatic N) is 1. The molecule has 0 aliphatic heterocycles. The van der Waals surface area contributed by atoms with Crippen LogP contribution in [-0.2, 0) is 20.7 Å². The van der Waals surface area contributed by atoms with Gasteiger partial charge in [-0.1, -0.05) is 0 Å². The number of hydrogen-bond donors (Lipinski definition) is 2. The average molecular weight is 211 g/mol. The molecule has 0 aliphatic rings. The maximum atomic E-state index is 11.3. The number of esters is 1. The lowest BCUT2D eigenvalue weighted by Gasteiger charge is -2.13. The number of aromatic amines is 1. The number of hydrogen-bond acceptors (Lipinski definition) is 4. The molecule has 15 heavy (non-hydrogen) atoms. The van der Waals surface area contributed by atoms with E-state index in [1.807, 2.05) is 0 Å². The Hall–Kier alpha value is -1.85. The lowest BCUT2D eigenvalue weighted by molar-refractivity contribution is -0.144. The standard InChI is InChI=1S/C9H13N3O3/c1-6(13)12-8(9(14)15-2)3-7-4-10-5-11-7/h4-5,8H,3H2,1-2H3,(H,10,11)(H,12,13)/t8-/m0/s1. The number of ether oxygens (including phenoxy) is 1. The number of carbonyl (C=O) groups excluding carboxylic acids is 2. The summed E-state index contributed by atoms with van der Waals surface area (Å²) in [7, 11) is 1.28. The van der Waals surface area contributed by atoms with Gasteiger partial charge in [0.1, 0.15) is 6.04 Å². The third-order valence-electron chi connectivity index (χ3n) is 1.84. The summed E-state index contributed by atoms with van der Waals surface area (Å²) >= 11 is 0. The number of imidazole rings is 1. The highest BCUT2D eigenvalue weighted by atomic mass is 16.5. The van der Waals surface area contributed by atoms with Crippen molar-refractivity contribution in [3.63, 3.8) is 0 Å². The number of amides is 1. The van der Waals surface area contributed by atoms with Crippen LogP contribution >= 0.6 is 0 Å². The molecule has 0 bridgehead atoms. The van der Waals surface area contributed by atoms with Crippen LogP contribution in [0.3, 0.4) is 0 Å². The Morgan fingerprint density at radius 2 is 2.40 bits per heavy atom. The van der Waals surface area contributed by atoms with E-state index in [-0.39, 0.29) is 5.91 Å². The van der Waals surface area contributed by atoms with Gasteiger partial charge in [-0.15, -0.1) is 0 Å². The summed E-state index contributed by atoms with van der Waals surface area (Å²) in [6, 6.07) is -0.673. The zero-order chi connectivity index (χ0) is 11.3. The summed E-state index contributed by atoms with van der Waals surface area (Å²) in [5.74, 6) is -0.746. The minimum absolute atomic E-state index is 0.273. The van der Waals surface area contributed by atoms with Gasteiger partial charge >= 0.3 is 5.97 Å². The summed E-state index contributed by atoms with van der Waals surface area (Å²) in [4.78, 5) is 28.8. The lowest BCUT2D eigenvalue weighted by atomic mass is 10.1. The SMILES string of the molecule is COC(=O)[C@H](Cc1cnc[nH]1)NC(C)=O. The van der Waals surface area contributed by atoms with Crippen molar-refractivity contribution in [2.45, 2.75) is 19.4 Å². The molecule has 1 aromatic rings. The predicted octanol–water partition coefficient (Wildman–Crippen LogP) is -0.370. The highest BCUT2D eigenvalue weighted by Gasteiger charge is 2.20. The van der Waals surface area contributed by atoms with E-state index in [0.717, 1.165) is 5.69 Å². The molecule has 0 aromatic carbocycles. The van der Waals surface area contributed by atoms with Crippen LogP contribution in [0.5, 0.6) is 0 Å². The van der Waals surface area contributed by atoms with Gasteiger partial charge in [0, 0.05) is 25.2 Å². The Labute approximate surface area is 87.0 Å². The Balaban J connectivity index is 2.64. The second-order valence-electron chi connectivity index (χ2n) is 3.06. The van der Waals surface area contributed by atoms with E-state index in [2.05, 4.69) is 20.0 Å². The van der Waals surface area contributed by atoms with Crippen LogP contribution in [0.4, 0.5) is 0 Å². The molecular formula is C9H13N3O3. The van der Waals surface area contributed by atoms with Crippen LogP contribution in [0.25, 0.3) is 0 Å². The lowest BCUT2D eigenvalue weighted by Crippen LogP contribution is -2.42. The molecule has 0 saturated carbocycles. The molecule has 6 nitrogen and oxygen atoms in total. The smallest absolute Gasteiger partial charge is 0.328 e. The fraction of sp³-hybridized carbons (Fsp3) is 0.444. The quantitative estimate of drug-likeness (QED) is 0.665. The maximum absolute atomic E-state index is 11.3. The summed E-state index contributed by atoms with van der Waals surface area (Å²) in [6.45, 7) is 1.35. The molecule has 6 heteroatoms. The topological polar surface area (TPSA) is 84.1 Å². The molecule has 0 unspecified atom stereocenters. The largest absolute Gasteiger partial charge is 0.467 e. The second-order valence-corrected chi connectivity index (χ2v) is 3.06. The van der Waals surface area contributed by atoms with Gasteiger partial charge in [-0.2, -0.15) is 0 Å². The normalized spacial score (nSPS) is 11.9. The average Bonchev–Trinajstić information content (AvgIpc) is 2.67. The predicted molar refractivity (Wildman–Crippen MR) is 51.9 cm³/mol. The molecule has 0 fully saturated rings. The number of rotatable bonds is 4. The molecule has 0 spiro atoms. The number of aromatic nitrogens is 2. The molecule has 2 N–H and O–H groups in total. The van der Waals surface area contributed by atoms with Crippen molar-refractivity contribution < 1.29 is 14.3 Å². The Kier molecular flexibility index (Phi) is 3.84. The van der Waals surface area contributed by atoms with Crippen LogP contribution in [0.1, 0.15) is 12.6 Å². The van der Waals surface area contributed by atoms with E-state index in [1.54, 1.807) is 6.20 Å². The summed E-state index contributed by atoms with van der Waals surface area (Å²) in [6.07, 6.45) is 3.45. The Bertz CT molecular complexity index is 334. The minimum Gasteiger partial charge on any atom is -0.467 e. The zero-order valence-electron chi connectivity index (χ0n) is 8.61. The summed E-state index contributed by atoms with van der Waals surface area (Å²) in [5.41, 5.74) is 0.763. The first kappa shape index (κ1) is 11.2. The van der Waals surface area contributed by atoms with Crippen LogP contribution in [0, 0.1) is 0 Å². The van der Waals surface area contributed by atoms with Crippen LogP contribution < -0.4 is 5.32 Å². The van der Waals surface area contributed by atoms with E-state index >= 15 is 0 Å². The Morgan fingerprint density at radius 3 is 2.87 bits per heavy atom. The van der Waals surface area contributed by atoms with E-state index in [9.17, 15) is 9.59 Å². The first-order valence-corrected chi connectivity index (χ1v) is 4.45. The third kappa shape index (κ3) is 3.41. The number of methoxy groups -OCH3 is 1. The number of H-pyrrole nitrogens is 1. The first-order valence-electron chi connectivity index (χ1n) is 4.45. The first-order chi connectivity index (χ1) is 7.13. The van der Waals surface area contributed by atoms with E-state index in [0.29, 0.717) is 6.42 Å². The third-order valence-corrected chi connectivity index (χ3v) is 1.84. The van der Waals surface area contributed by atoms with Gasteiger partial charge in [0.05, 0.1) is 13.4 Å². The molecule has 0 saturated heterocycles. The second kappa shape index (κ2) is 5.14. The summed E-state index contributed by atoms with van der Waals surface area (Å²) < 4.78 is 4.57. The summed E-state index contributed by atoms with van der Waals surface area (Å²) in [5, 5.41) is 2.51. The molecule has 1 rings (SSSR count). The zero-order valence-corrected chi connectivity index (χ0v) is 8.61. The molecule has 1 atom stereocenters. The van der Waals surface area contributed by atoms with Gasteiger partial charge < -0.3 is 15.0 Å². The van der Waals surface area contributed by atoms with Crippen molar-refractivity contribution in [1.29, 1.82) is 0 Å². The maximum Gasteiger partial charge on any atom is 0.328 e. The molecule has 1 amide bonds. The molecule has 0 aliphatic carbocycles. The molecule has 1 aromatic heterocycles. The van der Waals surface area contributed by atoms with Crippen molar-refractivity contribution in [3.8, 4) is 0 Å². The van der Waals surface area contributed by atoms with E-state index in [1.165, 1.54) is 20.4 Å². The fourth-order valence-corrected chi connectivity index (χ4v) is 1.20. The highest BCUT2D eigenvalue weighted by Crippen LogP contribution is 2.00. The van der Waals surface area contributed by atoms with Gasteiger partial charge in [-0.3, -0.25) is 4.79 Å². The van der Waals surface area contributed by atoms with Crippen molar-refractivity contribution in [1.82, 2.24) is 15.3 Å². The minimum atomic E-state index is -0.673. The molecule has 1 heterocycles. The van der Waals surface area contributed by atoms with E-state index < -0.39 is 12.0 Å².